The van der Waals surface area contributed by atoms with E-state index in [-0.39, 0.29) is 0 Å². The van der Waals surface area contributed by atoms with Gasteiger partial charge < -0.3 is 14.7 Å². The van der Waals surface area contributed by atoms with Crippen LogP contribution < -0.4 is 0 Å². The van der Waals surface area contributed by atoms with E-state index in [1.807, 2.05) is 13.8 Å². The highest BCUT2D eigenvalue weighted by molar-refractivity contribution is 4.84. The Morgan fingerprint density at radius 1 is 1.50 bits per heavy atom. The van der Waals surface area contributed by atoms with E-state index < -0.39 is 11.7 Å². The molecule has 1 rings (SSSR count). The molecular formula is C14H30N2O2. The van der Waals surface area contributed by atoms with Crippen molar-refractivity contribution >= 4 is 0 Å². The van der Waals surface area contributed by atoms with Crippen molar-refractivity contribution < 1.29 is 9.84 Å². The fraction of sp³-hybridized carbons (Fsp3) is 1.00. The molecule has 4 heteroatoms. The van der Waals surface area contributed by atoms with Gasteiger partial charge in [0.2, 0.25) is 0 Å². The van der Waals surface area contributed by atoms with E-state index in [1.54, 1.807) is 7.11 Å². The Morgan fingerprint density at radius 2 is 2.17 bits per heavy atom. The molecule has 2 unspecified atom stereocenters. The summed E-state index contributed by atoms with van der Waals surface area (Å²) in [6.07, 6.45) is 2.13. The van der Waals surface area contributed by atoms with Crippen molar-refractivity contribution in [3.8, 4) is 0 Å². The Kier molecular flexibility index (Phi) is 6.05. The van der Waals surface area contributed by atoms with Crippen LogP contribution in [0.25, 0.3) is 0 Å². The molecule has 0 radical (unpaired) electrons. The van der Waals surface area contributed by atoms with E-state index in [4.69, 9.17) is 4.74 Å². The molecule has 0 aliphatic carbocycles. The first-order chi connectivity index (χ1) is 8.40. The zero-order chi connectivity index (χ0) is 13.8. The van der Waals surface area contributed by atoms with E-state index >= 15 is 0 Å². The third-order valence-electron chi connectivity index (χ3n) is 4.24. The maximum absolute atomic E-state index is 10.2. The number of hydrogen-bond acceptors (Lipinski definition) is 4. The molecular weight excluding hydrogens is 228 g/mol. The first-order valence-corrected chi connectivity index (χ1v) is 7.06. The van der Waals surface area contributed by atoms with E-state index in [0.717, 1.165) is 13.1 Å². The number of likely N-dealkylation sites (N-methyl/N-ethyl adjacent to an activating group) is 2. The fourth-order valence-electron chi connectivity index (χ4n) is 2.60. The van der Waals surface area contributed by atoms with Crippen molar-refractivity contribution in [3.05, 3.63) is 0 Å². The Balaban J connectivity index is 2.39. The Hall–Kier alpha value is -0.160. The third-order valence-corrected chi connectivity index (χ3v) is 4.24. The molecule has 1 saturated heterocycles. The van der Waals surface area contributed by atoms with Crippen LogP contribution in [0.15, 0.2) is 0 Å². The molecule has 1 aliphatic heterocycles. The minimum atomic E-state index is -0.478. The largest absolute Gasteiger partial charge is 0.389 e. The Bertz CT molecular complexity index is 242. The molecule has 0 spiro atoms. The number of rotatable bonds is 7. The standard InChI is InChI=1S/C14H30N2O2/c1-6-16-9-7-8-12(16)10-15(4)11-13(17)14(2,3)18-5/h12-13,17H,6-11H2,1-5H3. The van der Waals surface area contributed by atoms with Crippen molar-refractivity contribution in [2.75, 3.05) is 40.3 Å². The molecule has 18 heavy (non-hydrogen) atoms. The lowest BCUT2D eigenvalue weighted by Crippen LogP contribution is -2.47. The minimum Gasteiger partial charge on any atom is -0.389 e. The first kappa shape index (κ1) is 15.9. The molecule has 2 atom stereocenters. The molecule has 1 heterocycles. The van der Waals surface area contributed by atoms with E-state index in [2.05, 4.69) is 23.8 Å². The zero-order valence-corrected chi connectivity index (χ0v) is 12.6. The van der Waals surface area contributed by atoms with Crippen LogP contribution in [-0.4, -0.2) is 73.0 Å². The van der Waals surface area contributed by atoms with Crippen LogP contribution in [0.2, 0.25) is 0 Å². The second-order valence-corrected chi connectivity index (χ2v) is 5.97. The van der Waals surface area contributed by atoms with Gasteiger partial charge in [0.25, 0.3) is 0 Å². The summed E-state index contributed by atoms with van der Waals surface area (Å²) in [7, 11) is 3.74. The van der Waals surface area contributed by atoms with Crippen molar-refractivity contribution in [2.45, 2.75) is 51.4 Å². The molecule has 0 aromatic rings. The summed E-state index contributed by atoms with van der Waals surface area (Å²) in [6, 6.07) is 0.651. The van der Waals surface area contributed by atoms with Crippen molar-refractivity contribution in [1.82, 2.24) is 9.80 Å². The van der Waals surface area contributed by atoms with Crippen molar-refractivity contribution in [1.29, 1.82) is 0 Å². The quantitative estimate of drug-likeness (QED) is 0.744. The van der Waals surface area contributed by atoms with Gasteiger partial charge in [-0.25, -0.2) is 0 Å². The third kappa shape index (κ3) is 4.19. The zero-order valence-electron chi connectivity index (χ0n) is 12.6. The molecule has 1 fully saturated rings. The molecule has 0 aromatic heterocycles. The van der Waals surface area contributed by atoms with Crippen LogP contribution in [-0.2, 0) is 4.74 Å². The summed E-state index contributed by atoms with van der Waals surface area (Å²) >= 11 is 0. The van der Waals surface area contributed by atoms with Crippen molar-refractivity contribution in [3.63, 3.8) is 0 Å². The lowest BCUT2D eigenvalue weighted by atomic mass is 10.0. The number of aliphatic hydroxyl groups is 1. The second-order valence-electron chi connectivity index (χ2n) is 5.97. The Morgan fingerprint density at radius 3 is 2.72 bits per heavy atom. The molecule has 1 aliphatic rings. The van der Waals surface area contributed by atoms with E-state index in [1.165, 1.54) is 19.4 Å². The van der Waals surface area contributed by atoms with Crippen LogP contribution in [0.5, 0.6) is 0 Å². The molecule has 0 saturated carbocycles. The maximum Gasteiger partial charge on any atom is 0.0950 e. The van der Waals surface area contributed by atoms with Crippen LogP contribution in [0.4, 0.5) is 0 Å². The van der Waals surface area contributed by atoms with Gasteiger partial charge in [0.05, 0.1) is 11.7 Å². The van der Waals surface area contributed by atoms with Gasteiger partial charge >= 0.3 is 0 Å². The van der Waals surface area contributed by atoms with Crippen LogP contribution >= 0.6 is 0 Å². The highest BCUT2D eigenvalue weighted by atomic mass is 16.5. The average Bonchev–Trinajstić information content (AvgIpc) is 2.75. The molecule has 0 aromatic carbocycles. The summed E-state index contributed by atoms with van der Waals surface area (Å²) in [4.78, 5) is 4.76. The number of nitrogens with zero attached hydrogens (tertiary/aromatic N) is 2. The maximum atomic E-state index is 10.2. The van der Waals surface area contributed by atoms with Gasteiger partial charge in [0.15, 0.2) is 0 Å². The molecule has 0 amide bonds. The van der Waals surface area contributed by atoms with Gasteiger partial charge in [-0.2, -0.15) is 0 Å². The normalized spacial score (nSPS) is 23.8. The predicted octanol–water partition coefficient (Wildman–Crippen LogP) is 1.19. The number of ether oxygens (including phenoxy) is 1. The predicted molar refractivity (Wildman–Crippen MR) is 74.9 cm³/mol. The molecule has 108 valence electrons. The average molecular weight is 258 g/mol. The summed E-state index contributed by atoms with van der Waals surface area (Å²) in [5.41, 5.74) is -0.478. The van der Waals surface area contributed by atoms with Crippen LogP contribution in [0.1, 0.15) is 33.6 Å². The van der Waals surface area contributed by atoms with Crippen molar-refractivity contribution in [2.24, 2.45) is 0 Å². The summed E-state index contributed by atoms with van der Waals surface area (Å²) in [6.45, 7) is 10.1. The molecule has 1 N–H and O–H groups in total. The lowest BCUT2D eigenvalue weighted by Gasteiger charge is -2.34. The van der Waals surface area contributed by atoms with Gasteiger partial charge in [-0.3, -0.25) is 4.90 Å². The summed E-state index contributed by atoms with van der Waals surface area (Å²) < 4.78 is 5.33. The first-order valence-electron chi connectivity index (χ1n) is 7.06. The van der Waals surface area contributed by atoms with Gasteiger partial charge in [-0.1, -0.05) is 6.92 Å². The SMILES string of the molecule is CCN1CCCC1CN(C)CC(O)C(C)(C)OC. The number of likely N-dealkylation sites (tertiary alicyclic amines) is 1. The fourth-order valence-corrected chi connectivity index (χ4v) is 2.60. The van der Waals surface area contributed by atoms with Gasteiger partial charge in [0, 0.05) is 26.2 Å². The van der Waals surface area contributed by atoms with Crippen LogP contribution in [0, 0.1) is 0 Å². The second kappa shape index (κ2) is 6.85. The van der Waals surface area contributed by atoms with Gasteiger partial charge in [0.1, 0.15) is 0 Å². The highest BCUT2D eigenvalue weighted by Gasteiger charge is 2.30. The minimum absolute atomic E-state index is 0.455. The summed E-state index contributed by atoms with van der Waals surface area (Å²) in [5.74, 6) is 0. The smallest absolute Gasteiger partial charge is 0.0950 e. The molecule has 4 nitrogen and oxygen atoms in total. The topological polar surface area (TPSA) is 35.9 Å². The van der Waals surface area contributed by atoms with E-state index in [9.17, 15) is 5.11 Å². The monoisotopic (exact) mass is 258 g/mol. The summed E-state index contributed by atoms with van der Waals surface area (Å²) in [5, 5.41) is 10.2. The van der Waals surface area contributed by atoms with Gasteiger partial charge in [-0.15, -0.1) is 0 Å². The van der Waals surface area contributed by atoms with Gasteiger partial charge in [-0.05, 0) is 46.8 Å². The van der Waals surface area contributed by atoms with E-state index in [0.29, 0.717) is 12.6 Å². The number of hydrogen-bond donors (Lipinski definition) is 1. The molecule has 0 bridgehead atoms. The number of aliphatic hydroxyl groups excluding tert-OH is 1. The number of methoxy groups -OCH3 is 1. The Labute approximate surface area is 112 Å². The van der Waals surface area contributed by atoms with Crippen LogP contribution in [0.3, 0.4) is 0 Å². The highest BCUT2D eigenvalue weighted by Crippen LogP contribution is 2.19. The lowest BCUT2D eigenvalue weighted by molar-refractivity contribution is -0.0866.